The number of carboxylic acids is 1. The number of phenols is 1. The van der Waals surface area contributed by atoms with Gasteiger partial charge in [-0.3, -0.25) is 14.9 Å². The maximum atomic E-state index is 13.2. The Kier molecular flexibility index (Phi) is 8.43. The molecule has 2 aromatic carbocycles. The number of para-hydroxylation sites is 1. The minimum absolute atomic E-state index is 0.0200. The van der Waals surface area contributed by atoms with Crippen molar-refractivity contribution in [2.75, 3.05) is 13.2 Å². The van der Waals surface area contributed by atoms with Crippen molar-refractivity contribution in [2.24, 2.45) is 0 Å². The molecule has 1 fully saturated rings. The number of carboxylic acid groups (broad SMARTS) is 1. The Morgan fingerprint density at radius 2 is 1.79 bits per heavy atom. The lowest BCUT2D eigenvalue weighted by molar-refractivity contribution is -0.150. The number of carbonyl (C=O) groups excluding carboxylic acids is 2. The van der Waals surface area contributed by atoms with Crippen LogP contribution in [0, 0.1) is 0 Å². The van der Waals surface area contributed by atoms with Crippen LogP contribution >= 0.6 is 0 Å². The fraction of sp³-hybridized carbons (Fsp3) is 0.400. The van der Waals surface area contributed by atoms with Crippen molar-refractivity contribution in [1.29, 1.82) is 0 Å². The van der Waals surface area contributed by atoms with Gasteiger partial charge < -0.3 is 19.8 Å². The van der Waals surface area contributed by atoms with Crippen LogP contribution in [0.3, 0.4) is 0 Å². The van der Waals surface area contributed by atoms with E-state index in [4.69, 9.17) is 4.74 Å². The van der Waals surface area contributed by atoms with Crippen LogP contribution in [-0.4, -0.2) is 58.2 Å². The van der Waals surface area contributed by atoms with Crippen molar-refractivity contribution in [3.05, 3.63) is 65.7 Å². The maximum Gasteiger partial charge on any atom is 0.326 e. The number of ether oxygens (including phenoxy) is 1. The van der Waals surface area contributed by atoms with Crippen LogP contribution in [-0.2, 0) is 25.5 Å². The number of hydrogen-bond donors (Lipinski definition) is 3. The van der Waals surface area contributed by atoms with Crippen LogP contribution in [0.15, 0.2) is 54.6 Å². The Hall–Kier alpha value is -3.39. The predicted molar refractivity (Wildman–Crippen MR) is 122 cm³/mol. The molecule has 2 aromatic rings. The van der Waals surface area contributed by atoms with Gasteiger partial charge in [0.05, 0.1) is 19.2 Å². The lowest BCUT2D eigenvalue weighted by atomic mass is 10.0. The van der Waals surface area contributed by atoms with E-state index in [9.17, 15) is 24.6 Å². The first-order valence-electron chi connectivity index (χ1n) is 11.2. The first-order valence-corrected chi connectivity index (χ1v) is 11.2. The maximum absolute atomic E-state index is 13.2. The smallest absolute Gasteiger partial charge is 0.326 e. The van der Waals surface area contributed by atoms with E-state index in [1.165, 1.54) is 11.0 Å². The summed E-state index contributed by atoms with van der Waals surface area (Å²) in [6.45, 7) is 1.72. The Bertz CT molecular complexity index is 964. The van der Waals surface area contributed by atoms with Gasteiger partial charge in [0.1, 0.15) is 17.8 Å². The second-order valence-corrected chi connectivity index (χ2v) is 8.02. The third kappa shape index (κ3) is 6.10. The van der Waals surface area contributed by atoms with Crippen molar-refractivity contribution in [1.82, 2.24) is 10.2 Å². The van der Waals surface area contributed by atoms with E-state index in [-0.39, 0.29) is 25.3 Å². The van der Waals surface area contributed by atoms with Crippen LogP contribution in [0.25, 0.3) is 0 Å². The first kappa shape index (κ1) is 24.3. The Labute approximate surface area is 193 Å². The van der Waals surface area contributed by atoms with E-state index in [0.29, 0.717) is 24.8 Å². The van der Waals surface area contributed by atoms with Gasteiger partial charge in [-0.25, -0.2) is 4.79 Å². The standard InChI is InChI=1S/C25H30N2O6/c1-2-33-25(32)19(13-12-17-8-4-3-5-9-17)26-16-23(29)27-20(14-15-21(27)24(30)31)18-10-6-7-11-22(18)28/h3-11,19-21,26,28H,2,12-16H2,1H3,(H,30,31). The highest BCUT2D eigenvalue weighted by Crippen LogP contribution is 2.39. The van der Waals surface area contributed by atoms with Crippen molar-refractivity contribution >= 4 is 17.8 Å². The first-order chi connectivity index (χ1) is 15.9. The molecule has 1 aliphatic rings. The molecule has 0 radical (unpaired) electrons. The summed E-state index contributed by atoms with van der Waals surface area (Å²) >= 11 is 0. The minimum Gasteiger partial charge on any atom is -0.508 e. The summed E-state index contributed by atoms with van der Waals surface area (Å²) in [5.74, 6) is -1.96. The summed E-state index contributed by atoms with van der Waals surface area (Å²) in [6.07, 6.45) is 1.76. The van der Waals surface area contributed by atoms with Crippen molar-refractivity contribution < 1.29 is 29.3 Å². The Morgan fingerprint density at radius 3 is 2.45 bits per heavy atom. The van der Waals surface area contributed by atoms with Crippen molar-refractivity contribution in [2.45, 2.75) is 50.7 Å². The van der Waals surface area contributed by atoms with Crippen LogP contribution < -0.4 is 5.32 Å². The summed E-state index contributed by atoms with van der Waals surface area (Å²) in [7, 11) is 0. The van der Waals surface area contributed by atoms with E-state index in [1.54, 1.807) is 25.1 Å². The molecule has 8 nitrogen and oxygen atoms in total. The monoisotopic (exact) mass is 454 g/mol. The molecule has 1 amide bonds. The summed E-state index contributed by atoms with van der Waals surface area (Å²) in [5.41, 5.74) is 1.57. The molecule has 0 spiro atoms. The molecule has 1 saturated heterocycles. The third-order valence-corrected chi connectivity index (χ3v) is 5.89. The summed E-state index contributed by atoms with van der Waals surface area (Å²) in [4.78, 5) is 38.8. The number of benzene rings is 2. The van der Waals surface area contributed by atoms with Crippen LogP contribution in [0.4, 0.5) is 0 Å². The number of nitrogens with one attached hydrogen (secondary N) is 1. The Morgan fingerprint density at radius 1 is 1.09 bits per heavy atom. The zero-order chi connectivity index (χ0) is 23.8. The molecule has 0 saturated carbocycles. The number of nitrogens with zero attached hydrogens (tertiary/aromatic N) is 1. The number of amides is 1. The van der Waals surface area contributed by atoms with E-state index in [2.05, 4.69) is 5.32 Å². The molecular weight excluding hydrogens is 424 g/mol. The Balaban J connectivity index is 1.72. The number of rotatable bonds is 10. The minimum atomic E-state index is -1.09. The highest BCUT2D eigenvalue weighted by molar-refractivity contribution is 5.86. The van der Waals surface area contributed by atoms with E-state index >= 15 is 0 Å². The average molecular weight is 455 g/mol. The van der Waals surface area contributed by atoms with Gasteiger partial charge in [-0.15, -0.1) is 0 Å². The molecule has 0 aliphatic carbocycles. The third-order valence-electron chi connectivity index (χ3n) is 5.89. The van der Waals surface area contributed by atoms with Crippen LogP contribution in [0.2, 0.25) is 0 Å². The molecule has 0 aromatic heterocycles. The second-order valence-electron chi connectivity index (χ2n) is 8.02. The summed E-state index contributed by atoms with van der Waals surface area (Å²) in [5, 5.41) is 22.9. The topological polar surface area (TPSA) is 116 Å². The molecule has 176 valence electrons. The molecule has 1 heterocycles. The second kappa shape index (κ2) is 11.5. The number of aromatic hydroxyl groups is 1. The number of likely N-dealkylation sites (tertiary alicyclic amines) is 1. The van der Waals surface area contributed by atoms with Crippen LogP contribution in [0.1, 0.15) is 43.4 Å². The van der Waals surface area contributed by atoms with Gasteiger partial charge >= 0.3 is 11.9 Å². The zero-order valence-electron chi connectivity index (χ0n) is 18.6. The normalized spacial score (nSPS) is 18.6. The van der Waals surface area contributed by atoms with Crippen molar-refractivity contribution in [3.8, 4) is 5.75 Å². The molecule has 1 aliphatic heterocycles. The molecule has 33 heavy (non-hydrogen) atoms. The average Bonchev–Trinajstić information content (AvgIpc) is 3.25. The fourth-order valence-corrected chi connectivity index (χ4v) is 4.28. The largest absolute Gasteiger partial charge is 0.508 e. The molecule has 3 unspecified atom stereocenters. The van der Waals surface area contributed by atoms with Crippen molar-refractivity contribution in [3.63, 3.8) is 0 Å². The molecule has 3 atom stereocenters. The highest BCUT2D eigenvalue weighted by Gasteiger charge is 2.42. The fourth-order valence-electron chi connectivity index (χ4n) is 4.28. The molecule has 3 rings (SSSR count). The molecular formula is C25H30N2O6. The number of carbonyl (C=O) groups is 3. The molecule has 3 N–H and O–H groups in total. The van der Waals surface area contributed by atoms with Gasteiger partial charge in [-0.2, -0.15) is 0 Å². The van der Waals surface area contributed by atoms with Crippen LogP contribution in [0.5, 0.6) is 5.75 Å². The number of aryl methyl sites for hydroxylation is 1. The molecule has 0 bridgehead atoms. The number of esters is 1. The molecule has 8 heteroatoms. The van der Waals surface area contributed by atoms with Gasteiger partial charge in [0, 0.05) is 5.56 Å². The lowest BCUT2D eigenvalue weighted by Crippen LogP contribution is -2.49. The predicted octanol–water partition coefficient (Wildman–Crippen LogP) is 2.66. The van der Waals surface area contributed by atoms with E-state index in [1.807, 2.05) is 30.3 Å². The van der Waals surface area contributed by atoms with Gasteiger partial charge in [-0.1, -0.05) is 48.5 Å². The quantitative estimate of drug-likeness (QED) is 0.473. The number of aliphatic carboxylic acids is 1. The van der Waals surface area contributed by atoms with E-state index in [0.717, 1.165) is 5.56 Å². The highest BCUT2D eigenvalue weighted by atomic mass is 16.5. The van der Waals surface area contributed by atoms with E-state index < -0.39 is 36.0 Å². The SMILES string of the molecule is CCOC(=O)C(CCc1ccccc1)NCC(=O)N1C(C(=O)O)CCC1c1ccccc1O. The number of phenolic OH excluding ortho intramolecular Hbond substituents is 1. The van der Waals surface area contributed by atoms with Gasteiger partial charge in [0.2, 0.25) is 5.91 Å². The summed E-state index contributed by atoms with van der Waals surface area (Å²) < 4.78 is 5.16. The van der Waals surface area contributed by atoms with Gasteiger partial charge in [-0.05, 0) is 44.2 Å². The van der Waals surface area contributed by atoms with Gasteiger partial charge in [0.15, 0.2) is 0 Å². The lowest BCUT2D eigenvalue weighted by Gasteiger charge is -2.30. The summed E-state index contributed by atoms with van der Waals surface area (Å²) in [6, 6.07) is 14.1. The number of hydrogen-bond acceptors (Lipinski definition) is 6. The zero-order valence-corrected chi connectivity index (χ0v) is 18.6. The van der Waals surface area contributed by atoms with Gasteiger partial charge in [0.25, 0.3) is 0 Å².